The summed E-state index contributed by atoms with van der Waals surface area (Å²) in [5, 5.41) is 14.6. The van der Waals surface area contributed by atoms with Gasteiger partial charge >= 0.3 is 0 Å². The Kier molecular flexibility index (Phi) is 6.89. The molecule has 8 heteroatoms. The van der Waals surface area contributed by atoms with Gasteiger partial charge in [-0.25, -0.2) is 13.8 Å². The smallest absolute Gasteiger partial charge is 0.191 e. The van der Waals surface area contributed by atoms with Gasteiger partial charge in [-0.3, -0.25) is 0 Å². The molecule has 0 aliphatic rings. The van der Waals surface area contributed by atoms with Crippen LogP contribution >= 0.6 is 0 Å². The molecule has 152 valence electrons. The summed E-state index contributed by atoms with van der Waals surface area (Å²) in [7, 11) is 1.90. The fourth-order valence-corrected chi connectivity index (χ4v) is 2.75. The lowest BCUT2D eigenvalue weighted by Gasteiger charge is -2.13. The second-order valence-corrected chi connectivity index (χ2v) is 6.64. The van der Waals surface area contributed by atoms with Gasteiger partial charge in [0.05, 0.1) is 13.1 Å². The highest BCUT2D eigenvalue weighted by molar-refractivity contribution is 5.79. The molecule has 0 unspecified atom stereocenters. The Balaban J connectivity index is 1.64. The van der Waals surface area contributed by atoms with Gasteiger partial charge in [-0.2, -0.15) is 0 Å². The summed E-state index contributed by atoms with van der Waals surface area (Å²) in [6.07, 6.45) is 0.332. The van der Waals surface area contributed by atoms with Crippen LogP contribution in [0.3, 0.4) is 0 Å². The number of hydrogen-bond donors (Lipinski definition) is 2. The molecule has 3 aromatic rings. The molecule has 0 bridgehead atoms. The lowest BCUT2D eigenvalue weighted by molar-refractivity contribution is 0.582. The molecule has 0 atom stereocenters. The standard InChI is InChI=1S/C21H24F2N6/c1-15-27-28-20(29(15)2)14-26-21(25-13-16-6-4-3-5-7-16)24-11-10-17-12-18(22)8-9-19(17)23/h3-9,12H,10-11,13-14H2,1-2H3,(H2,24,25,26). The molecule has 1 aromatic heterocycles. The maximum Gasteiger partial charge on any atom is 0.191 e. The minimum Gasteiger partial charge on any atom is -0.356 e. The van der Waals surface area contributed by atoms with Crippen LogP contribution in [-0.4, -0.2) is 27.3 Å². The number of guanidine groups is 1. The Hall–Kier alpha value is -3.29. The average Bonchev–Trinajstić information content (AvgIpc) is 3.05. The summed E-state index contributed by atoms with van der Waals surface area (Å²) in [5.41, 5.74) is 1.39. The number of nitrogens with zero attached hydrogens (tertiary/aromatic N) is 4. The Bertz CT molecular complexity index is 969. The zero-order chi connectivity index (χ0) is 20.6. The van der Waals surface area contributed by atoms with Crippen molar-refractivity contribution in [3.05, 3.63) is 82.9 Å². The number of rotatable bonds is 7. The molecule has 1 heterocycles. The van der Waals surface area contributed by atoms with Crippen LogP contribution in [0.5, 0.6) is 0 Å². The van der Waals surface area contributed by atoms with E-state index in [2.05, 4.69) is 25.8 Å². The molecule has 6 nitrogen and oxygen atoms in total. The molecule has 2 aromatic carbocycles. The van der Waals surface area contributed by atoms with Gasteiger partial charge in [-0.15, -0.1) is 10.2 Å². The molecule has 0 amide bonds. The molecule has 0 spiro atoms. The number of halogens is 2. The van der Waals surface area contributed by atoms with Crippen molar-refractivity contribution in [3.63, 3.8) is 0 Å². The summed E-state index contributed by atoms with van der Waals surface area (Å²) < 4.78 is 29.1. The first-order valence-corrected chi connectivity index (χ1v) is 9.38. The van der Waals surface area contributed by atoms with Crippen LogP contribution in [0, 0.1) is 18.6 Å². The van der Waals surface area contributed by atoms with Gasteiger partial charge in [-0.05, 0) is 42.7 Å². The largest absolute Gasteiger partial charge is 0.356 e. The number of aliphatic imine (C=N–C) groups is 1. The fourth-order valence-electron chi connectivity index (χ4n) is 2.75. The van der Waals surface area contributed by atoms with Crippen LogP contribution in [0.2, 0.25) is 0 Å². The van der Waals surface area contributed by atoms with Crippen molar-refractivity contribution in [2.75, 3.05) is 6.54 Å². The van der Waals surface area contributed by atoms with E-state index >= 15 is 0 Å². The molecule has 0 fully saturated rings. The van der Waals surface area contributed by atoms with Crippen molar-refractivity contribution in [1.29, 1.82) is 0 Å². The van der Waals surface area contributed by atoms with Gasteiger partial charge in [0.15, 0.2) is 11.8 Å². The van der Waals surface area contributed by atoms with E-state index in [9.17, 15) is 8.78 Å². The van der Waals surface area contributed by atoms with E-state index in [0.29, 0.717) is 37.6 Å². The SMILES string of the molecule is Cc1nnc(CNC(=NCc2ccccc2)NCCc2cc(F)ccc2F)n1C. The highest BCUT2D eigenvalue weighted by Crippen LogP contribution is 2.09. The average molecular weight is 398 g/mol. The molecule has 0 radical (unpaired) electrons. The van der Waals surface area contributed by atoms with Crippen molar-refractivity contribution in [3.8, 4) is 0 Å². The number of benzene rings is 2. The molecule has 0 saturated carbocycles. The van der Waals surface area contributed by atoms with Gasteiger partial charge in [0.1, 0.15) is 17.5 Å². The summed E-state index contributed by atoms with van der Waals surface area (Å²) in [6.45, 7) is 3.21. The predicted molar refractivity (Wildman–Crippen MR) is 108 cm³/mol. The predicted octanol–water partition coefficient (Wildman–Crippen LogP) is 2.88. The Morgan fingerprint density at radius 1 is 1.07 bits per heavy atom. The lowest BCUT2D eigenvalue weighted by atomic mass is 10.1. The van der Waals surface area contributed by atoms with Crippen molar-refractivity contribution in [1.82, 2.24) is 25.4 Å². The summed E-state index contributed by atoms with van der Waals surface area (Å²) in [4.78, 5) is 4.59. The first-order valence-electron chi connectivity index (χ1n) is 9.38. The van der Waals surface area contributed by atoms with E-state index in [1.165, 1.54) is 6.07 Å². The van der Waals surface area contributed by atoms with Crippen LogP contribution in [-0.2, 0) is 26.6 Å². The number of aryl methyl sites for hydroxylation is 1. The van der Waals surface area contributed by atoms with E-state index in [1.54, 1.807) is 0 Å². The van der Waals surface area contributed by atoms with Crippen molar-refractivity contribution < 1.29 is 8.78 Å². The first-order chi connectivity index (χ1) is 14.0. The van der Waals surface area contributed by atoms with Crippen LogP contribution in [0.15, 0.2) is 53.5 Å². The third-order valence-electron chi connectivity index (χ3n) is 4.55. The molecule has 0 aliphatic carbocycles. The molecule has 0 aliphatic heterocycles. The number of nitrogens with one attached hydrogen (secondary N) is 2. The van der Waals surface area contributed by atoms with Crippen LogP contribution in [0.25, 0.3) is 0 Å². The van der Waals surface area contributed by atoms with E-state index in [0.717, 1.165) is 29.3 Å². The Morgan fingerprint density at radius 3 is 2.59 bits per heavy atom. The van der Waals surface area contributed by atoms with Gasteiger partial charge in [0.2, 0.25) is 0 Å². The Morgan fingerprint density at radius 2 is 1.86 bits per heavy atom. The fraction of sp³-hybridized carbons (Fsp3) is 0.286. The second-order valence-electron chi connectivity index (χ2n) is 6.64. The second kappa shape index (κ2) is 9.77. The third-order valence-corrected chi connectivity index (χ3v) is 4.55. The van der Waals surface area contributed by atoms with E-state index in [4.69, 9.17) is 0 Å². The highest BCUT2D eigenvalue weighted by atomic mass is 19.1. The first kappa shape index (κ1) is 20.4. The zero-order valence-corrected chi connectivity index (χ0v) is 16.5. The zero-order valence-electron chi connectivity index (χ0n) is 16.5. The maximum atomic E-state index is 13.8. The topological polar surface area (TPSA) is 67.1 Å². The molecule has 2 N–H and O–H groups in total. The van der Waals surface area contributed by atoms with Gasteiger partial charge in [0, 0.05) is 13.6 Å². The minimum absolute atomic E-state index is 0.323. The highest BCUT2D eigenvalue weighted by Gasteiger charge is 2.08. The van der Waals surface area contributed by atoms with Crippen molar-refractivity contribution in [2.45, 2.75) is 26.4 Å². The van der Waals surface area contributed by atoms with E-state index in [1.807, 2.05) is 48.9 Å². The summed E-state index contributed by atoms with van der Waals surface area (Å²) >= 11 is 0. The summed E-state index contributed by atoms with van der Waals surface area (Å²) in [6, 6.07) is 13.3. The van der Waals surface area contributed by atoms with Gasteiger partial charge < -0.3 is 15.2 Å². The molecular weight excluding hydrogens is 374 g/mol. The van der Waals surface area contributed by atoms with E-state index in [-0.39, 0.29) is 0 Å². The monoisotopic (exact) mass is 398 g/mol. The number of hydrogen-bond acceptors (Lipinski definition) is 3. The van der Waals surface area contributed by atoms with Crippen LogP contribution < -0.4 is 10.6 Å². The normalized spacial score (nSPS) is 11.5. The lowest BCUT2D eigenvalue weighted by Crippen LogP contribution is -2.38. The van der Waals surface area contributed by atoms with E-state index < -0.39 is 11.6 Å². The van der Waals surface area contributed by atoms with Crippen molar-refractivity contribution >= 4 is 5.96 Å². The Labute approximate surface area is 168 Å². The van der Waals surface area contributed by atoms with Crippen molar-refractivity contribution in [2.24, 2.45) is 12.0 Å². The molecule has 29 heavy (non-hydrogen) atoms. The number of aromatic nitrogens is 3. The third kappa shape index (κ3) is 5.84. The molecular formula is C21H24F2N6. The quantitative estimate of drug-likeness (QED) is 0.474. The van der Waals surface area contributed by atoms with Crippen LogP contribution in [0.4, 0.5) is 8.78 Å². The minimum atomic E-state index is -0.449. The van der Waals surface area contributed by atoms with Crippen LogP contribution in [0.1, 0.15) is 22.8 Å². The molecule has 0 saturated heterocycles. The molecule has 3 rings (SSSR count). The maximum absolute atomic E-state index is 13.8. The summed E-state index contributed by atoms with van der Waals surface area (Å²) in [5.74, 6) is 1.28. The van der Waals surface area contributed by atoms with Gasteiger partial charge in [0.25, 0.3) is 0 Å². The van der Waals surface area contributed by atoms with Gasteiger partial charge in [-0.1, -0.05) is 30.3 Å².